The van der Waals surface area contributed by atoms with Gasteiger partial charge < -0.3 is 20.8 Å². The minimum atomic E-state index is -0.451. The Labute approximate surface area is 148 Å². The summed E-state index contributed by atoms with van der Waals surface area (Å²) in [5.41, 5.74) is 9.02. The number of aryl methyl sites for hydroxylation is 1. The molecule has 0 aliphatic carbocycles. The number of halogens is 1. The van der Waals surface area contributed by atoms with Crippen molar-refractivity contribution in [3.63, 3.8) is 0 Å². The van der Waals surface area contributed by atoms with Crippen LogP contribution in [0.2, 0.25) is 0 Å². The van der Waals surface area contributed by atoms with Crippen LogP contribution in [-0.4, -0.2) is 37.2 Å². The Bertz CT molecular complexity index is 693. The van der Waals surface area contributed by atoms with Crippen LogP contribution in [0.4, 0.5) is 0 Å². The van der Waals surface area contributed by atoms with Gasteiger partial charge in [-0.25, -0.2) is 0 Å². The smallest absolute Gasteiger partial charge is 0.227 e. The van der Waals surface area contributed by atoms with Crippen LogP contribution in [-0.2, 0) is 16.0 Å². The minimum absolute atomic E-state index is 0. The maximum Gasteiger partial charge on any atom is 0.227 e. The molecule has 6 heteroatoms. The van der Waals surface area contributed by atoms with Gasteiger partial charge in [0.2, 0.25) is 5.91 Å². The van der Waals surface area contributed by atoms with Gasteiger partial charge >= 0.3 is 0 Å². The molecular formula is C18H26ClN3O2. The van der Waals surface area contributed by atoms with Gasteiger partial charge in [-0.1, -0.05) is 18.2 Å². The number of benzene rings is 1. The predicted octanol–water partition coefficient (Wildman–Crippen LogP) is 2.31. The molecule has 1 amide bonds. The zero-order chi connectivity index (χ0) is 16.3. The number of hydrogen-bond donors (Lipinski definition) is 3. The fourth-order valence-electron chi connectivity index (χ4n) is 3.43. The quantitative estimate of drug-likeness (QED) is 0.773. The first-order valence-corrected chi connectivity index (χ1v) is 8.28. The van der Waals surface area contributed by atoms with Gasteiger partial charge in [0.05, 0.1) is 5.41 Å². The number of para-hydroxylation sites is 1. The maximum absolute atomic E-state index is 12.6. The summed E-state index contributed by atoms with van der Waals surface area (Å²) in [7, 11) is 0. The van der Waals surface area contributed by atoms with Crippen molar-refractivity contribution in [1.82, 2.24) is 10.3 Å². The van der Waals surface area contributed by atoms with Crippen LogP contribution in [0.1, 0.15) is 24.1 Å². The number of hydrogen-bond acceptors (Lipinski definition) is 3. The predicted molar refractivity (Wildman–Crippen MR) is 98.5 cm³/mol. The average molecular weight is 352 g/mol. The van der Waals surface area contributed by atoms with E-state index in [2.05, 4.69) is 29.4 Å². The van der Waals surface area contributed by atoms with Crippen LogP contribution in [0.25, 0.3) is 10.9 Å². The fraction of sp³-hybridized carbons (Fsp3) is 0.500. The second-order valence-corrected chi connectivity index (χ2v) is 6.38. The van der Waals surface area contributed by atoms with Crippen molar-refractivity contribution in [3.8, 4) is 0 Å². The van der Waals surface area contributed by atoms with E-state index in [1.807, 2.05) is 12.1 Å². The molecule has 0 spiro atoms. The zero-order valence-corrected chi connectivity index (χ0v) is 14.9. The van der Waals surface area contributed by atoms with E-state index in [4.69, 9.17) is 10.5 Å². The summed E-state index contributed by atoms with van der Waals surface area (Å²) in [5, 5.41) is 4.32. The van der Waals surface area contributed by atoms with Gasteiger partial charge in [0.1, 0.15) is 0 Å². The van der Waals surface area contributed by atoms with Crippen molar-refractivity contribution in [2.75, 3.05) is 26.3 Å². The number of fused-ring (bicyclic) bond motifs is 1. The Morgan fingerprint density at radius 3 is 2.75 bits per heavy atom. The molecule has 0 atom stereocenters. The van der Waals surface area contributed by atoms with Crippen LogP contribution >= 0.6 is 12.4 Å². The summed E-state index contributed by atoms with van der Waals surface area (Å²) in [4.78, 5) is 16.0. The van der Waals surface area contributed by atoms with Crippen LogP contribution in [0.5, 0.6) is 0 Å². The molecule has 3 rings (SSSR count). The number of carbonyl (C=O) groups is 1. The third kappa shape index (κ3) is 3.58. The number of H-pyrrole nitrogens is 1. The number of nitrogens with one attached hydrogen (secondary N) is 2. The Morgan fingerprint density at radius 2 is 2.04 bits per heavy atom. The van der Waals surface area contributed by atoms with Crippen LogP contribution < -0.4 is 11.1 Å². The lowest BCUT2D eigenvalue weighted by Crippen LogP contribution is -2.49. The maximum atomic E-state index is 12.6. The Kier molecular flexibility index (Phi) is 6.27. The number of carbonyl (C=O) groups excluding carboxylic acids is 1. The summed E-state index contributed by atoms with van der Waals surface area (Å²) >= 11 is 0. The number of rotatable bonds is 5. The summed E-state index contributed by atoms with van der Waals surface area (Å²) < 4.78 is 5.36. The minimum Gasteiger partial charge on any atom is -0.381 e. The third-order valence-corrected chi connectivity index (χ3v) is 5.01. The normalized spacial score (nSPS) is 16.6. The molecule has 1 aromatic carbocycles. The van der Waals surface area contributed by atoms with Crippen molar-refractivity contribution in [2.24, 2.45) is 11.1 Å². The molecule has 1 saturated heterocycles. The van der Waals surface area contributed by atoms with E-state index in [-0.39, 0.29) is 18.3 Å². The number of aromatic nitrogens is 1. The third-order valence-electron chi connectivity index (χ3n) is 5.01. The Morgan fingerprint density at radius 1 is 1.33 bits per heavy atom. The van der Waals surface area contributed by atoms with Crippen molar-refractivity contribution < 1.29 is 9.53 Å². The molecule has 1 fully saturated rings. The Hall–Kier alpha value is -1.56. The van der Waals surface area contributed by atoms with E-state index in [0.29, 0.717) is 39.1 Å². The largest absolute Gasteiger partial charge is 0.381 e. The zero-order valence-electron chi connectivity index (χ0n) is 14.1. The molecular weight excluding hydrogens is 326 g/mol. The topological polar surface area (TPSA) is 80.1 Å². The lowest BCUT2D eigenvalue weighted by Gasteiger charge is -2.34. The molecule has 2 heterocycles. The van der Waals surface area contributed by atoms with E-state index in [0.717, 1.165) is 11.9 Å². The molecule has 5 nitrogen and oxygen atoms in total. The van der Waals surface area contributed by atoms with Crippen molar-refractivity contribution in [2.45, 2.75) is 26.2 Å². The molecule has 2 aromatic rings. The highest BCUT2D eigenvalue weighted by Crippen LogP contribution is 2.29. The molecule has 1 aliphatic rings. The lowest BCUT2D eigenvalue weighted by atomic mass is 9.79. The first-order chi connectivity index (χ1) is 11.2. The van der Waals surface area contributed by atoms with Gasteiger partial charge in [-0.05, 0) is 37.8 Å². The second kappa shape index (κ2) is 8.01. The molecule has 0 bridgehead atoms. The van der Waals surface area contributed by atoms with E-state index >= 15 is 0 Å². The first kappa shape index (κ1) is 18.8. The molecule has 0 radical (unpaired) electrons. The monoisotopic (exact) mass is 351 g/mol. The van der Waals surface area contributed by atoms with Crippen LogP contribution in [0, 0.1) is 12.3 Å². The van der Waals surface area contributed by atoms with Crippen molar-refractivity contribution in [1.29, 1.82) is 0 Å². The van der Waals surface area contributed by atoms with Crippen molar-refractivity contribution >= 4 is 29.2 Å². The van der Waals surface area contributed by atoms with Crippen molar-refractivity contribution in [3.05, 3.63) is 35.5 Å². The Balaban J connectivity index is 0.00000208. The van der Waals surface area contributed by atoms with Crippen LogP contribution in [0.15, 0.2) is 24.3 Å². The van der Waals surface area contributed by atoms with Gasteiger partial charge in [0, 0.05) is 42.9 Å². The van der Waals surface area contributed by atoms with Gasteiger partial charge in [-0.3, -0.25) is 4.79 Å². The van der Waals surface area contributed by atoms with E-state index in [9.17, 15) is 4.79 Å². The number of amides is 1. The standard InChI is InChI=1S/C18H25N3O2.ClH/c1-13-14(15-4-2-3-5-16(15)21-13)6-9-20-17(22)18(12-19)7-10-23-11-8-18;/h2-5,21H,6-12,19H2,1H3,(H,20,22);1H. The number of ether oxygens (including phenoxy) is 1. The van der Waals surface area contributed by atoms with E-state index in [1.165, 1.54) is 16.6 Å². The molecule has 1 aromatic heterocycles. The summed E-state index contributed by atoms with van der Waals surface area (Å²) in [5.74, 6) is 0.0702. The van der Waals surface area contributed by atoms with Gasteiger partial charge in [0.25, 0.3) is 0 Å². The molecule has 0 unspecified atom stereocenters. The van der Waals surface area contributed by atoms with E-state index in [1.54, 1.807) is 0 Å². The molecule has 4 N–H and O–H groups in total. The lowest BCUT2D eigenvalue weighted by molar-refractivity contribution is -0.135. The van der Waals surface area contributed by atoms with Gasteiger partial charge in [-0.2, -0.15) is 0 Å². The average Bonchev–Trinajstić information content (AvgIpc) is 2.91. The second-order valence-electron chi connectivity index (χ2n) is 6.38. The SMILES string of the molecule is Cc1[nH]c2ccccc2c1CCNC(=O)C1(CN)CCOCC1.Cl. The summed E-state index contributed by atoms with van der Waals surface area (Å²) in [6, 6.07) is 8.27. The molecule has 132 valence electrons. The number of aromatic amines is 1. The van der Waals surface area contributed by atoms with Gasteiger partial charge in [0.15, 0.2) is 0 Å². The summed E-state index contributed by atoms with van der Waals surface area (Å²) in [6.07, 6.45) is 2.24. The summed E-state index contributed by atoms with van der Waals surface area (Å²) in [6.45, 7) is 4.33. The molecule has 1 aliphatic heterocycles. The highest BCUT2D eigenvalue weighted by atomic mass is 35.5. The molecule has 0 saturated carbocycles. The fourth-order valence-corrected chi connectivity index (χ4v) is 3.43. The first-order valence-electron chi connectivity index (χ1n) is 8.28. The highest BCUT2D eigenvalue weighted by Gasteiger charge is 2.38. The van der Waals surface area contributed by atoms with Gasteiger partial charge in [-0.15, -0.1) is 12.4 Å². The van der Waals surface area contributed by atoms with Crippen LogP contribution in [0.3, 0.4) is 0 Å². The van der Waals surface area contributed by atoms with E-state index < -0.39 is 5.41 Å². The molecule has 24 heavy (non-hydrogen) atoms. The number of nitrogens with two attached hydrogens (primary N) is 1. The highest BCUT2D eigenvalue weighted by molar-refractivity contribution is 5.86.